The summed E-state index contributed by atoms with van der Waals surface area (Å²) in [6.45, 7) is 4.56. The highest BCUT2D eigenvalue weighted by atomic mass is 16.5. The molecule has 0 aliphatic carbocycles. The van der Waals surface area contributed by atoms with E-state index in [1.165, 1.54) is 0 Å². The summed E-state index contributed by atoms with van der Waals surface area (Å²) < 4.78 is 5.45. The summed E-state index contributed by atoms with van der Waals surface area (Å²) in [6.07, 6.45) is 1.72. The van der Waals surface area contributed by atoms with Crippen LogP contribution in [0.3, 0.4) is 0 Å². The minimum absolute atomic E-state index is 0.161. The summed E-state index contributed by atoms with van der Waals surface area (Å²) in [5, 5.41) is 19.0. The number of aromatic nitrogens is 3. The number of benzene rings is 1. The van der Waals surface area contributed by atoms with Crippen molar-refractivity contribution in [3.8, 4) is 17.1 Å². The average molecular weight is 367 g/mol. The van der Waals surface area contributed by atoms with Crippen LogP contribution in [0.4, 0.5) is 5.82 Å². The molecule has 4 rings (SSSR count). The zero-order chi connectivity index (χ0) is 18.8. The van der Waals surface area contributed by atoms with Gasteiger partial charge in [0.25, 0.3) is 0 Å². The Bertz CT molecular complexity index is 959. The highest BCUT2D eigenvalue weighted by Crippen LogP contribution is 2.29. The van der Waals surface area contributed by atoms with Gasteiger partial charge in [0.05, 0.1) is 24.8 Å². The van der Waals surface area contributed by atoms with Gasteiger partial charge < -0.3 is 20.0 Å². The molecule has 2 aromatic heterocycles. The fourth-order valence-corrected chi connectivity index (χ4v) is 3.10. The van der Waals surface area contributed by atoms with Crippen LogP contribution in [-0.4, -0.2) is 51.6 Å². The van der Waals surface area contributed by atoms with Crippen molar-refractivity contribution in [1.29, 1.82) is 0 Å². The lowest BCUT2D eigenvalue weighted by Crippen LogP contribution is -2.37. The van der Waals surface area contributed by atoms with Gasteiger partial charge in [0.2, 0.25) is 0 Å². The van der Waals surface area contributed by atoms with Crippen LogP contribution in [0.1, 0.15) is 18.5 Å². The molecule has 3 heterocycles. The first kappa shape index (κ1) is 17.6. The van der Waals surface area contributed by atoms with Crippen LogP contribution >= 0.6 is 0 Å². The van der Waals surface area contributed by atoms with Crippen LogP contribution in [0.25, 0.3) is 22.4 Å². The predicted octanol–water partition coefficient (Wildman–Crippen LogP) is 2.27. The van der Waals surface area contributed by atoms with Gasteiger partial charge in [-0.3, -0.25) is 4.98 Å². The number of pyridine rings is 1. The van der Waals surface area contributed by atoms with Gasteiger partial charge in [-0.2, -0.15) is 5.48 Å². The molecule has 0 amide bonds. The molecule has 8 nitrogen and oxygen atoms in total. The first-order valence-corrected chi connectivity index (χ1v) is 8.85. The predicted molar refractivity (Wildman–Crippen MR) is 101 cm³/mol. The van der Waals surface area contributed by atoms with E-state index in [1.54, 1.807) is 24.4 Å². The molecule has 0 bridgehead atoms. The Labute approximate surface area is 156 Å². The summed E-state index contributed by atoms with van der Waals surface area (Å²) in [5.74, 6) is 1.43. The summed E-state index contributed by atoms with van der Waals surface area (Å²) in [7, 11) is 0. The van der Waals surface area contributed by atoms with E-state index in [0.29, 0.717) is 30.1 Å². The van der Waals surface area contributed by atoms with E-state index in [0.717, 1.165) is 30.0 Å². The third-order valence-corrected chi connectivity index (χ3v) is 4.65. The van der Waals surface area contributed by atoms with Gasteiger partial charge >= 0.3 is 0 Å². The number of morpholine rings is 1. The Balaban J connectivity index is 1.89. The maximum Gasteiger partial charge on any atom is 0.162 e. The fourth-order valence-electron chi connectivity index (χ4n) is 3.10. The third kappa shape index (κ3) is 3.55. The Morgan fingerprint density at radius 3 is 2.74 bits per heavy atom. The zero-order valence-corrected chi connectivity index (χ0v) is 15.0. The summed E-state index contributed by atoms with van der Waals surface area (Å²) in [4.78, 5) is 16.1. The normalized spacial score (nSPS) is 15.9. The van der Waals surface area contributed by atoms with E-state index >= 15 is 0 Å². The first-order chi connectivity index (χ1) is 13.2. The lowest BCUT2D eigenvalue weighted by molar-refractivity contribution is 0.122. The number of nitrogens with zero attached hydrogens (tertiary/aromatic N) is 4. The molecular weight excluding hydrogens is 346 g/mol. The molecule has 1 aromatic carbocycles. The van der Waals surface area contributed by atoms with Crippen LogP contribution in [-0.2, 0) is 4.74 Å². The van der Waals surface area contributed by atoms with E-state index in [4.69, 9.17) is 9.72 Å². The number of hydrogen-bond acceptors (Lipinski definition) is 8. The molecule has 1 aliphatic heterocycles. The van der Waals surface area contributed by atoms with Crippen molar-refractivity contribution in [2.75, 3.05) is 31.2 Å². The average Bonchev–Trinajstić information content (AvgIpc) is 2.72. The molecule has 8 heteroatoms. The van der Waals surface area contributed by atoms with E-state index in [9.17, 15) is 10.3 Å². The molecule has 1 aliphatic rings. The van der Waals surface area contributed by atoms with Crippen molar-refractivity contribution in [2.24, 2.45) is 0 Å². The second-order valence-corrected chi connectivity index (χ2v) is 6.51. The molecule has 0 saturated carbocycles. The standard InChI is InChI=1S/C19H21N5O3/c1-12(23-26)14-10-16-17(20-11-14)19(24-5-7-27-8-6-24)22-18(21-16)13-3-2-4-15(25)9-13/h2-4,9-12,23,25-26H,5-8H2,1H3. The zero-order valence-electron chi connectivity index (χ0n) is 15.0. The van der Waals surface area contributed by atoms with Crippen molar-refractivity contribution in [1.82, 2.24) is 20.4 Å². The van der Waals surface area contributed by atoms with Crippen molar-refractivity contribution < 1.29 is 15.1 Å². The number of anilines is 1. The number of aromatic hydroxyl groups is 1. The highest BCUT2D eigenvalue weighted by Gasteiger charge is 2.20. The molecule has 1 fully saturated rings. The maximum absolute atomic E-state index is 9.82. The molecule has 3 N–H and O–H groups in total. The van der Waals surface area contributed by atoms with Crippen LogP contribution < -0.4 is 10.4 Å². The molecule has 0 radical (unpaired) electrons. The maximum atomic E-state index is 9.82. The molecule has 0 spiro atoms. The Hall–Kier alpha value is -2.81. The largest absolute Gasteiger partial charge is 0.508 e. The van der Waals surface area contributed by atoms with Crippen LogP contribution in [0.15, 0.2) is 36.5 Å². The summed E-state index contributed by atoms with van der Waals surface area (Å²) in [5.41, 5.74) is 5.17. The number of fused-ring (bicyclic) bond motifs is 1. The number of ether oxygens (including phenoxy) is 1. The molecule has 3 aromatic rings. The number of nitrogens with one attached hydrogen (secondary N) is 1. The second-order valence-electron chi connectivity index (χ2n) is 6.51. The van der Waals surface area contributed by atoms with E-state index in [2.05, 4.69) is 20.3 Å². The van der Waals surface area contributed by atoms with Crippen molar-refractivity contribution in [2.45, 2.75) is 13.0 Å². The van der Waals surface area contributed by atoms with E-state index in [1.807, 2.05) is 19.1 Å². The van der Waals surface area contributed by atoms with Crippen molar-refractivity contribution in [3.63, 3.8) is 0 Å². The lowest BCUT2D eigenvalue weighted by Gasteiger charge is -2.28. The van der Waals surface area contributed by atoms with E-state index in [-0.39, 0.29) is 11.8 Å². The minimum atomic E-state index is -0.270. The summed E-state index contributed by atoms with van der Waals surface area (Å²) in [6, 6.07) is 8.50. The van der Waals surface area contributed by atoms with Crippen LogP contribution in [0.5, 0.6) is 5.75 Å². The Kier molecular flexibility index (Phi) is 4.85. The van der Waals surface area contributed by atoms with E-state index < -0.39 is 0 Å². The quantitative estimate of drug-likeness (QED) is 0.604. The van der Waals surface area contributed by atoms with Gasteiger partial charge in [-0.15, -0.1) is 0 Å². The van der Waals surface area contributed by atoms with Crippen LogP contribution in [0, 0.1) is 0 Å². The minimum Gasteiger partial charge on any atom is -0.508 e. The topological polar surface area (TPSA) is 104 Å². The van der Waals surface area contributed by atoms with Gasteiger partial charge in [0.15, 0.2) is 11.6 Å². The van der Waals surface area contributed by atoms with Crippen molar-refractivity contribution in [3.05, 3.63) is 42.1 Å². The summed E-state index contributed by atoms with van der Waals surface area (Å²) >= 11 is 0. The van der Waals surface area contributed by atoms with Gasteiger partial charge in [-0.05, 0) is 30.7 Å². The highest BCUT2D eigenvalue weighted by molar-refractivity contribution is 5.88. The number of rotatable bonds is 4. The molecule has 27 heavy (non-hydrogen) atoms. The molecule has 1 atom stereocenters. The first-order valence-electron chi connectivity index (χ1n) is 8.85. The number of hydrogen-bond donors (Lipinski definition) is 3. The van der Waals surface area contributed by atoms with Gasteiger partial charge in [-0.25, -0.2) is 9.97 Å². The number of phenols is 1. The van der Waals surface area contributed by atoms with Crippen LogP contribution in [0.2, 0.25) is 0 Å². The molecule has 1 saturated heterocycles. The third-order valence-electron chi connectivity index (χ3n) is 4.65. The fraction of sp³-hybridized carbons (Fsp3) is 0.316. The number of phenolic OH excluding ortho intramolecular Hbond substituents is 1. The lowest BCUT2D eigenvalue weighted by atomic mass is 10.1. The molecular formula is C19H21N5O3. The van der Waals surface area contributed by atoms with Crippen molar-refractivity contribution >= 4 is 16.9 Å². The second kappa shape index (κ2) is 7.43. The molecule has 140 valence electrons. The Morgan fingerprint density at radius 2 is 2.00 bits per heavy atom. The van der Waals surface area contributed by atoms with Gasteiger partial charge in [0, 0.05) is 24.8 Å². The molecule has 1 unspecified atom stereocenters. The number of hydroxylamine groups is 1. The smallest absolute Gasteiger partial charge is 0.162 e. The Morgan fingerprint density at radius 1 is 1.19 bits per heavy atom. The SMILES string of the molecule is CC(NO)c1cnc2c(N3CCOCC3)nc(-c3cccc(O)c3)nc2c1. The van der Waals surface area contributed by atoms with Gasteiger partial charge in [-0.1, -0.05) is 12.1 Å². The van der Waals surface area contributed by atoms with Gasteiger partial charge in [0.1, 0.15) is 11.3 Å². The monoisotopic (exact) mass is 367 g/mol.